The maximum Gasteiger partial charge on any atom is 0.235 e. The van der Waals surface area contributed by atoms with E-state index in [0.29, 0.717) is 11.6 Å². The molecule has 4 rings (SSSR count). The minimum absolute atomic E-state index is 0.00421. The summed E-state index contributed by atoms with van der Waals surface area (Å²) in [6, 6.07) is 10.2. The largest absolute Gasteiger partial charge is 0.310 e. The average molecular weight is 296 g/mol. The van der Waals surface area contributed by atoms with Crippen molar-refractivity contribution in [2.24, 2.45) is 0 Å². The lowest BCUT2D eigenvalue weighted by atomic mass is 10.0. The number of hydrogen-bond acceptors (Lipinski definition) is 4. The Hall–Kier alpha value is -2.34. The Bertz CT molecular complexity index is 829. The summed E-state index contributed by atoms with van der Waals surface area (Å²) in [5.74, 6) is 1.12. The van der Waals surface area contributed by atoms with Crippen LogP contribution in [0.1, 0.15) is 16.4 Å². The number of fused-ring (bicyclic) bond motifs is 2. The number of anilines is 1. The number of pyridine rings is 1. The molecular formula is C15H12N4OS. The topological polar surface area (TPSA) is 70.7 Å². The molecule has 1 unspecified atom stereocenters. The number of rotatable bonds is 1. The Morgan fingerprint density at radius 1 is 1.29 bits per heavy atom. The zero-order valence-electron chi connectivity index (χ0n) is 11.0. The third kappa shape index (κ3) is 2.17. The molecule has 0 radical (unpaired) electrons. The van der Waals surface area contributed by atoms with Crippen LogP contribution in [-0.2, 0) is 4.79 Å². The Kier molecular flexibility index (Phi) is 2.89. The molecule has 6 heteroatoms. The van der Waals surface area contributed by atoms with Gasteiger partial charge in [0.1, 0.15) is 5.82 Å². The highest BCUT2D eigenvalue weighted by atomic mass is 32.2. The molecule has 5 nitrogen and oxygen atoms in total. The Balaban J connectivity index is 1.83. The van der Waals surface area contributed by atoms with E-state index < -0.39 is 0 Å². The lowest BCUT2D eigenvalue weighted by Crippen LogP contribution is -2.12. The molecule has 1 aliphatic rings. The Labute approximate surface area is 125 Å². The third-order valence-electron chi connectivity index (χ3n) is 3.53. The lowest BCUT2D eigenvalue weighted by molar-refractivity contribution is -0.113. The predicted molar refractivity (Wildman–Crippen MR) is 83.3 cm³/mol. The van der Waals surface area contributed by atoms with Crippen molar-refractivity contribution in [2.45, 2.75) is 5.25 Å². The maximum atomic E-state index is 11.7. The van der Waals surface area contributed by atoms with Crippen LogP contribution in [0, 0.1) is 0 Å². The van der Waals surface area contributed by atoms with Crippen molar-refractivity contribution in [2.75, 3.05) is 11.1 Å². The fraction of sp³-hybridized carbons (Fsp3) is 0.133. The number of thioether (sulfide) groups is 1. The summed E-state index contributed by atoms with van der Waals surface area (Å²) < 4.78 is 0. The van der Waals surface area contributed by atoms with E-state index in [1.807, 2.05) is 18.2 Å². The molecule has 3 aromatic rings. The second-order valence-corrected chi connectivity index (χ2v) is 5.99. The van der Waals surface area contributed by atoms with Gasteiger partial charge < -0.3 is 5.32 Å². The summed E-state index contributed by atoms with van der Waals surface area (Å²) >= 11 is 1.61. The molecule has 104 valence electrons. The second-order valence-electron chi connectivity index (χ2n) is 4.90. The first-order valence-electron chi connectivity index (χ1n) is 6.61. The molecule has 0 saturated heterocycles. The van der Waals surface area contributed by atoms with E-state index in [1.54, 1.807) is 24.2 Å². The van der Waals surface area contributed by atoms with Gasteiger partial charge in [-0.3, -0.25) is 14.9 Å². The van der Waals surface area contributed by atoms with E-state index in [-0.39, 0.29) is 11.2 Å². The van der Waals surface area contributed by atoms with Crippen LogP contribution in [-0.4, -0.2) is 26.8 Å². The molecule has 0 aliphatic carbocycles. The zero-order chi connectivity index (χ0) is 14.2. The molecule has 0 fully saturated rings. The van der Waals surface area contributed by atoms with Gasteiger partial charge >= 0.3 is 0 Å². The monoisotopic (exact) mass is 296 g/mol. The number of H-pyrrole nitrogens is 1. The number of carbonyl (C=O) groups is 1. The molecule has 1 amide bonds. The standard InChI is InChI=1S/C15H12N4OS/c20-13-8-21-14(11-7-17-19-15(11)18-13)10-3-4-12-9(6-10)2-1-5-16-12/h1-7,14H,8H2,(H2,17,18,19,20). The van der Waals surface area contributed by atoms with Crippen molar-refractivity contribution in [1.29, 1.82) is 0 Å². The van der Waals surface area contributed by atoms with Gasteiger partial charge in [-0.15, -0.1) is 11.8 Å². The summed E-state index contributed by atoms with van der Waals surface area (Å²) in [5, 5.41) is 10.9. The third-order valence-corrected chi connectivity index (χ3v) is 4.81. The minimum atomic E-state index is -0.00421. The normalized spacial score (nSPS) is 18.1. The molecular weight excluding hydrogens is 284 g/mol. The van der Waals surface area contributed by atoms with Crippen LogP contribution in [0.3, 0.4) is 0 Å². The molecule has 1 aromatic carbocycles. The molecule has 0 bridgehead atoms. The van der Waals surface area contributed by atoms with Crippen LogP contribution in [0.5, 0.6) is 0 Å². The molecule has 1 aliphatic heterocycles. The number of amides is 1. The van der Waals surface area contributed by atoms with Gasteiger partial charge in [0.25, 0.3) is 0 Å². The number of aromatic nitrogens is 3. The molecule has 0 saturated carbocycles. The van der Waals surface area contributed by atoms with Crippen molar-refractivity contribution < 1.29 is 4.79 Å². The fourth-order valence-corrected chi connectivity index (χ4v) is 3.64. The summed E-state index contributed by atoms with van der Waals surface area (Å²) in [7, 11) is 0. The number of nitrogens with zero attached hydrogens (tertiary/aromatic N) is 2. The smallest absolute Gasteiger partial charge is 0.235 e. The van der Waals surface area contributed by atoms with Gasteiger partial charge in [0.15, 0.2) is 0 Å². The molecule has 0 spiro atoms. The zero-order valence-corrected chi connectivity index (χ0v) is 11.9. The molecule has 2 aromatic heterocycles. The van der Waals surface area contributed by atoms with E-state index in [2.05, 4.69) is 32.6 Å². The van der Waals surface area contributed by atoms with E-state index in [4.69, 9.17) is 0 Å². The predicted octanol–water partition coefficient (Wildman–Crippen LogP) is 2.73. The fourth-order valence-electron chi connectivity index (χ4n) is 2.55. The van der Waals surface area contributed by atoms with Crippen molar-refractivity contribution in [1.82, 2.24) is 15.2 Å². The number of hydrogen-bond donors (Lipinski definition) is 2. The number of carbonyl (C=O) groups excluding carboxylic acids is 1. The maximum absolute atomic E-state index is 11.7. The Morgan fingerprint density at radius 2 is 2.24 bits per heavy atom. The molecule has 3 heterocycles. The van der Waals surface area contributed by atoms with Gasteiger partial charge in [-0.05, 0) is 23.8 Å². The number of benzene rings is 1. The van der Waals surface area contributed by atoms with E-state index in [9.17, 15) is 4.79 Å². The highest BCUT2D eigenvalue weighted by molar-refractivity contribution is 8.00. The quantitative estimate of drug-likeness (QED) is 0.724. The highest BCUT2D eigenvalue weighted by Gasteiger charge is 2.25. The van der Waals surface area contributed by atoms with Gasteiger partial charge in [0.2, 0.25) is 5.91 Å². The second kappa shape index (κ2) is 4.89. The van der Waals surface area contributed by atoms with Crippen LogP contribution in [0.25, 0.3) is 10.9 Å². The molecule has 1 atom stereocenters. The van der Waals surface area contributed by atoms with Crippen molar-refractivity contribution >= 4 is 34.4 Å². The first kappa shape index (κ1) is 12.4. The number of nitrogens with one attached hydrogen (secondary N) is 2. The SMILES string of the molecule is O=C1CSC(c2ccc3ncccc3c2)c2cn[nH]c2N1. The summed E-state index contributed by atoms with van der Waals surface area (Å²) in [4.78, 5) is 16.1. The van der Waals surface area contributed by atoms with Crippen LogP contribution in [0.4, 0.5) is 5.82 Å². The van der Waals surface area contributed by atoms with Crippen LogP contribution in [0.2, 0.25) is 0 Å². The van der Waals surface area contributed by atoms with E-state index in [1.165, 1.54) is 0 Å². The van der Waals surface area contributed by atoms with Gasteiger partial charge in [0, 0.05) is 17.1 Å². The van der Waals surface area contributed by atoms with E-state index >= 15 is 0 Å². The minimum Gasteiger partial charge on any atom is -0.310 e. The van der Waals surface area contributed by atoms with E-state index in [0.717, 1.165) is 22.0 Å². The summed E-state index contributed by atoms with van der Waals surface area (Å²) in [6.07, 6.45) is 3.57. The first-order chi connectivity index (χ1) is 10.3. The van der Waals surface area contributed by atoms with Crippen LogP contribution in [0.15, 0.2) is 42.7 Å². The first-order valence-corrected chi connectivity index (χ1v) is 7.65. The highest BCUT2D eigenvalue weighted by Crippen LogP contribution is 2.41. The van der Waals surface area contributed by atoms with Crippen LogP contribution < -0.4 is 5.32 Å². The van der Waals surface area contributed by atoms with Crippen LogP contribution >= 0.6 is 11.8 Å². The van der Waals surface area contributed by atoms with Crippen molar-refractivity contribution in [3.05, 3.63) is 53.9 Å². The molecule has 21 heavy (non-hydrogen) atoms. The number of aromatic amines is 1. The van der Waals surface area contributed by atoms with Gasteiger partial charge in [0.05, 0.1) is 22.7 Å². The summed E-state index contributed by atoms with van der Waals surface area (Å²) in [6.45, 7) is 0. The van der Waals surface area contributed by atoms with Gasteiger partial charge in [-0.2, -0.15) is 5.10 Å². The van der Waals surface area contributed by atoms with Gasteiger partial charge in [-0.1, -0.05) is 12.1 Å². The van der Waals surface area contributed by atoms with Gasteiger partial charge in [-0.25, -0.2) is 0 Å². The Morgan fingerprint density at radius 3 is 3.19 bits per heavy atom. The van der Waals surface area contributed by atoms with Crippen molar-refractivity contribution in [3.63, 3.8) is 0 Å². The average Bonchev–Trinajstić information content (AvgIpc) is 2.89. The molecule has 2 N–H and O–H groups in total. The summed E-state index contributed by atoms with van der Waals surface area (Å²) in [5.41, 5.74) is 3.13. The lowest BCUT2D eigenvalue weighted by Gasteiger charge is -2.14. The van der Waals surface area contributed by atoms with Crippen molar-refractivity contribution in [3.8, 4) is 0 Å².